The summed E-state index contributed by atoms with van der Waals surface area (Å²) in [5.41, 5.74) is 0.594. The van der Waals surface area contributed by atoms with E-state index >= 15 is 0 Å². The lowest BCUT2D eigenvalue weighted by Crippen LogP contribution is -2.47. The van der Waals surface area contributed by atoms with Gasteiger partial charge in [0, 0.05) is 18.9 Å². The van der Waals surface area contributed by atoms with E-state index < -0.39 is 0 Å². The highest BCUT2D eigenvalue weighted by Crippen LogP contribution is 2.61. The van der Waals surface area contributed by atoms with Crippen molar-refractivity contribution in [3.8, 4) is 0 Å². The quantitative estimate of drug-likeness (QED) is 0.751. The van der Waals surface area contributed by atoms with Crippen LogP contribution in [0.15, 0.2) is 48.8 Å². The van der Waals surface area contributed by atoms with E-state index in [1.54, 1.807) is 0 Å². The molecule has 2 heterocycles. The molecule has 6 rings (SSSR count). The van der Waals surface area contributed by atoms with Crippen LogP contribution in [0.4, 0.5) is 11.6 Å². The number of aromatic nitrogens is 2. The first-order chi connectivity index (χ1) is 12.3. The standard InChI is InChI=1S/C22H27N3/c1-3-8-23-20(5-1)25(21-6-2-4-9-24-21)10-7-22-14-17-11-18(15-22)13-19(12-17)16-22/h1-6,8-9,17-19H,7,10-16H2. The molecular weight excluding hydrogens is 306 g/mol. The Balaban J connectivity index is 1.38. The molecule has 2 aromatic heterocycles. The summed E-state index contributed by atoms with van der Waals surface area (Å²) in [5, 5.41) is 0. The monoisotopic (exact) mass is 333 g/mol. The fourth-order valence-corrected chi connectivity index (χ4v) is 6.32. The second kappa shape index (κ2) is 6.12. The number of hydrogen-bond acceptors (Lipinski definition) is 3. The van der Waals surface area contributed by atoms with Crippen molar-refractivity contribution in [1.29, 1.82) is 0 Å². The smallest absolute Gasteiger partial charge is 0.134 e. The molecule has 0 aromatic carbocycles. The van der Waals surface area contributed by atoms with Crippen molar-refractivity contribution >= 4 is 11.6 Å². The van der Waals surface area contributed by atoms with E-state index in [9.17, 15) is 0 Å². The third-order valence-corrected chi connectivity index (χ3v) is 6.88. The number of rotatable bonds is 5. The van der Waals surface area contributed by atoms with Crippen LogP contribution in [0.2, 0.25) is 0 Å². The van der Waals surface area contributed by atoms with Gasteiger partial charge in [-0.25, -0.2) is 9.97 Å². The van der Waals surface area contributed by atoms with E-state index in [4.69, 9.17) is 0 Å². The van der Waals surface area contributed by atoms with Gasteiger partial charge in [0.25, 0.3) is 0 Å². The molecule has 0 spiro atoms. The zero-order valence-corrected chi connectivity index (χ0v) is 14.8. The molecule has 0 saturated heterocycles. The molecule has 0 unspecified atom stereocenters. The third-order valence-electron chi connectivity index (χ3n) is 6.88. The van der Waals surface area contributed by atoms with Gasteiger partial charge in [0.2, 0.25) is 0 Å². The van der Waals surface area contributed by atoms with Crippen LogP contribution in [0, 0.1) is 23.2 Å². The fraction of sp³-hybridized carbons (Fsp3) is 0.545. The number of hydrogen-bond donors (Lipinski definition) is 0. The molecule has 4 aliphatic carbocycles. The second-order valence-corrected chi connectivity index (χ2v) is 8.70. The Hall–Kier alpha value is -1.90. The molecule has 3 nitrogen and oxygen atoms in total. The van der Waals surface area contributed by atoms with Crippen LogP contribution in [-0.4, -0.2) is 16.5 Å². The molecule has 0 radical (unpaired) electrons. The minimum Gasteiger partial charge on any atom is -0.311 e. The van der Waals surface area contributed by atoms with Crippen LogP contribution in [0.1, 0.15) is 44.9 Å². The Morgan fingerprint density at radius 3 is 1.76 bits per heavy atom. The lowest BCUT2D eigenvalue weighted by molar-refractivity contribution is -0.0557. The van der Waals surface area contributed by atoms with Gasteiger partial charge in [0.1, 0.15) is 11.6 Å². The maximum atomic E-state index is 4.61. The topological polar surface area (TPSA) is 29.0 Å². The number of anilines is 2. The Morgan fingerprint density at radius 2 is 1.32 bits per heavy atom. The first kappa shape index (κ1) is 15.4. The zero-order valence-electron chi connectivity index (χ0n) is 14.8. The van der Waals surface area contributed by atoms with Crippen LogP contribution in [0.25, 0.3) is 0 Å². The van der Waals surface area contributed by atoms with Crippen molar-refractivity contribution < 1.29 is 0 Å². The molecule has 0 atom stereocenters. The van der Waals surface area contributed by atoms with E-state index in [1.165, 1.54) is 44.9 Å². The van der Waals surface area contributed by atoms with Crippen LogP contribution < -0.4 is 4.90 Å². The molecular formula is C22H27N3. The summed E-state index contributed by atoms with van der Waals surface area (Å²) < 4.78 is 0. The first-order valence-electron chi connectivity index (χ1n) is 9.89. The Morgan fingerprint density at radius 1 is 0.800 bits per heavy atom. The van der Waals surface area contributed by atoms with Gasteiger partial charge >= 0.3 is 0 Å². The van der Waals surface area contributed by atoms with Gasteiger partial charge in [0.15, 0.2) is 0 Å². The van der Waals surface area contributed by atoms with Gasteiger partial charge in [-0.15, -0.1) is 0 Å². The lowest BCUT2D eigenvalue weighted by Gasteiger charge is -2.57. The molecule has 25 heavy (non-hydrogen) atoms. The summed E-state index contributed by atoms with van der Waals surface area (Å²) in [7, 11) is 0. The maximum absolute atomic E-state index is 4.61. The van der Waals surface area contributed by atoms with Crippen molar-refractivity contribution in [2.24, 2.45) is 23.2 Å². The molecule has 2 aromatic rings. The Bertz CT molecular complexity index is 638. The molecule has 130 valence electrons. The van der Waals surface area contributed by atoms with Gasteiger partial charge in [0.05, 0.1) is 0 Å². The fourth-order valence-electron chi connectivity index (χ4n) is 6.32. The van der Waals surface area contributed by atoms with E-state index in [0.29, 0.717) is 5.41 Å². The third kappa shape index (κ3) is 2.94. The van der Waals surface area contributed by atoms with Crippen LogP contribution >= 0.6 is 0 Å². The average Bonchev–Trinajstić information content (AvgIpc) is 2.62. The van der Waals surface area contributed by atoms with Crippen molar-refractivity contribution in [1.82, 2.24) is 9.97 Å². The van der Waals surface area contributed by atoms with Gasteiger partial charge in [-0.1, -0.05) is 12.1 Å². The zero-order chi connectivity index (χ0) is 16.7. The van der Waals surface area contributed by atoms with Crippen molar-refractivity contribution in [2.75, 3.05) is 11.4 Å². The molecule has 0 amide bonds. The normalized spacial score (nSPS) is 32.7. The van der Waals surface area contributed by atoms with E-state index in [-0.39, 0.29) is 0 Å². The summed E-state index contributed by atoms with van der Waals surface area (Å²) in [6.07, 6.45) is 14.0. The average molecular weight is 333 g/mol. The van der Waals surface area contributed by atoms with E-state index in [1.807, 2.05) is 24.5 Å². The largest absolute Gasteiger partial charge is 0.311 e. The molecule has 4 bridgehead atoms. The van der Waals surface area contributed by atoms with Crippen molar-refractivity contribution in [3.05, 3.63) is 48.8 Å². The molecule has 0 aliphatic heterocycles. The highest BCUT2D eigenvalue weighted by atomic mass is 15.2. The summed E-state index contributed by atoms with van der Waals surface area (Å²) in [5.74, 6) is 5.09. The van der Waals surface area contributed by atoms with Gasteiger partial charge < -0.3 is 4.90 Å². The van der Waals surface area contributed by atoms with Gasteiger partial charge in [-0.05, 0) is 92.4 Å². The molecule has 3 heteroatoms. The van der Waals surface area contributed by atoms with Crippen LogP contribution in [0.3, 0.4) is 0 Å². The van der Waals surface area contributed by atoms with Crippen molar-refractivity contribution in [3.63, 3.8) is 0 Å². The van der Waals surface area contributed by atoms with Crippen LogP contribution in [-0.2, 0) is 0 Å². The van der Waals surface area contributed by atoms with Gasteiger partial charge in [-0.2, -0.15) is 0 Å². The number of pyridine rings is 2. The lowest BCUT2D eigenvalue weighted by atomic mass is 9.49. The molecule has 4 saturated carbocycles. The van der Waals surface area contributed by atoms with E-state index in [2.05, 4.69) is 39.1 Å². The number of nitrogens with zero attached hydrogens (tertiary/aromatic N) is 3. The Labute approximate surface area is 150 Å². The Kier molecular flexibility index (Phi) is 3.76. The first-order valence-corrected chi connectivity index (χ1v) is 9.89. The second-order valence-electron chi connectivity index (χ2n) is 8.70. The summed E-state index contributed by atoms with van der Waals surface area (Å²) in [6, 6.07) is 12.3. The molecule has 4 fully saturated rings. The molecule has 0 N–H and O–H groups in total. The van der Waals surface area contributed by atoms with Crippen molar-refractivity contribution in [2.45, 2.75) is 44.9 Å². The highest BCUT2D eigenvalue weighted by Gasteiger charge is 2.50. The highest BCUT2D eigenvalue weighted by molar-refractivity contribution is 5.55. The van der Waals surface area contributed by atoms with Crippen LogP contribution in [0.5, 0.6) is 0 Å². The predicted octanol–water partition coefficient (Wildman–Crippen LogP) is 5.22. The van der Waals surface area contributed by atoms with Gasteiger partial charge in [-0.3, -0.25) is 0 Å². The summed E-state index contributed by atoms with van der Waals surface area (Å²) >= 11 is 0. The predicted molar refractivity (Wildman–Crippen MR) is 101 cm³/mol. The summed E-state index contributed by atoms with van der Waals surface area (Å²) in [4.78, 5) is 11.5. The molecule has 4 aliphatic rings. The minimum atomic E-state index is 0.594. The SMILES string of the molecule is c1ccc(N(CCC23CC4CC(CC(C4)C2)C3)c2ccccn2)nc1. The summed E-state index contributed by atoms with van der Waals surface area (Å²) in [6.45, 7) is 1.03. The maximum Gasteiger partial charge on any atom is 0.134 e. The minimum absolute atomic E-state index is 0.594. The van der Waals surface area contributed by atoms with E-state index in [0.717, 1.165) is 35.9 Å².